The largest absolute Gasteiger partial charge is 0.459 e. The maximum Gasteiger partial charge on any atom is 0.291 e. The normalized spacial score (nSPS) is 14.3. The van der Waals surface area contributed by atoms with E-state index < -0.39 is 0 Å². The Morgan fingerprint density at radius 2 is 1.82 bits per heavy atom. The number of benzene rings is 2. The Morgan fingerprint density at radius 3 is 2.54 bits per heavy atom. The Morgan fingerprint density at radius 1 is 1.03 bits per heavy atom. The number of carbonyl (C=O) groups excluding carboxylic acids is 1. The van der Waals surface area contributed by atoms with Crippen LogP contribution in [0.4, 0.5) is 11.4 Å². The van der Waals surface area contributed by atoms with E-state index in [0.717, 1.165) is 42.8 Å². The molecule has 0 spiro atoms. The first-order valence-corrected chi connectivity index (χ1v) is 13.4. The molecule has 1 aliphatic rings. The van der Waals surface area contributed by atoms with Gasteiger partial charge in [-0.2, -0.15) is 0 Å². The number of imidazole rings is 1. The second-order valence-electron chi connectivity index (χ2n) is 9.97. The number of H-pyrrole nitrogens is 1. The van der Waals surface area contributed by atoms with E-state index >= 15 is 0 Å². The lowest BCUT2D eigenvalue weighted by Gasteiger charge is -2.38. The first-order valence-electron chi connectivity index (χ1n) is 13.0. The molecule has 8 nitrogen and oxygen atoms in total. The molecule has 0 saturated carbocycles. The van der Waals surface area contributed by atoms with Crippen molar-refractivity contribution < 1.29 is 9.21 Å². The number of nitrogens with zero attached hydrogens (tertiary/aromatic N) is 4. The number of aromatic nitrogens is 3. The topological polar surface area (TPSA) is 90.3 Å². The number of hydrogen-bond donors (Lipinski definition) is 2. The Labute approximate surface area is 231 Å². The van der Waals surface area contributed by atoms with Crippen molar-refractivity contribution in [2.45, 2.75) is 19.9 Å². The fourth-order valence-corrected chi connectivity index (χ4v) is 5.14. The fourth-order valence-electron chi connectivity index (χ4n) is 4.93. The molecule has 2 aromatic carbocycles. The number of aromatic amines is 1. The molecule has 1 saturated heterocycles. The highest BCUT2D eigenvalue weighted by Crippen LogP contribution is 2.31. The van der Waals surface area contributed by atoms with Crippen LogP contribution in [0.2, 0.25) is 5.02 Å². The van der Waals surface area contributed by atoms with Crippen molar-refractivity contribution >= 4 is 40.0 Å². The molecule has 4 heterocycles. The van der Waals surface area contributed by atoms with E-state index in [9.17, 15) is 4.79 Å². The van der Waals surface area contributed by atoms with Gasteiger partial charge in [-0.05, 0) is 67.9 Å². The van der Waals surface area contributed by atoms with Gasteiger partial charge in [0.1, 0.15) is 5.82 Å². The van der Waals surface area contributed by atoms with Gasteiger partial charge in [-0.3, -0.25) is 9.69 Å². The van der Waals surface area contributed by atoms with Crippen molar-refractivity contribution in [2.75, 3.05) is 36.4 Å². The number of piperazine rings is 1. The Bertz CT molecular complexity index is 1600. The number of rotatable bonds is 6. The summed E-state index contributed by atoms with van der Waals surface area (Å²) in [5.74, 6) is 0.464. The van der Waals surface area contributed by atoms with Crippen molar-refractivity contribution in [1.82, 2.24) is 19.9 Å². The first-order chi connectivity index (χ1) is 18.9. The molecule has 0 unspecified atom stereocenters. The molecule has 198 valence electrons. The van der Waals surface area contributed by atoms with Crippen LogP contribution in [0.5, 0.6) is 0 Å². The highest BCUT2D eigenvalue weighted by molar-refractivity contribution is 6.33. The van der Waals surface area contributed by atoms with Crippen molar-refractivity contribution in [1.29, 1.82) is 0 Å². The smallest absolute Gasteiger partial charge is 0.291 e. The maximum atomic E-state index is 12.4. The van der Waals surface area contributed by atoms with Crippen molar-refractivity contribution in [3.63, 3.8) is 0 Å². The molecular formula is C30H29ClN6O2. The van der Waals surface area contributed by atoms with Gasteiger partial charge < -0.3 is 19.6 Å². The number of furan rings is 1. The van der Waals surface area contributed by atoms with E-state index in [4.69, 9.17) is 16.0 Å². The summed E-state index contributed by atoms with van der Waals surface area (Å²) in [4.78, 5) is 29.9. The van der Waals surface area contributed by atoms with Gasteiger partial charge in [0.05, 0.1) is 16.8 Å². The molecule has 9 heteroatoms. The molecule has 0 bridgehead atoms. The minimum atomic E-state index is -0.340. The van der Waals surface area contributed by atoms with Crippen LogP contribution < -0.4 is 10.2 Å². The molecule has 39 heavy (non-hydrogen) atoms. The highest BCUT2D eigenvalue weighted by atomic mass is 35.5. The van der Waals surface area contributed by atoms with E-state index in [1.807, 2.05) is 12.3 Å². The molecule has 0 radical (unpaired) electrons. The van der Waals surface area contributed by atoms with Crippen molar-refractivity contribution in [2.24, 2.45) is 0 Å². The third-order valence-electron chi connectivity index (χ3n) is 7.17. The molecular weight excluding hydrogens is 512 g/mol. The van der Waals surface area contributed by atoms with E-state index in [2.05, 4.69) is 68.2 Å². The second-order valence-corrected chi connectivity index (χ2v) is 10.4. The van der Waals surface area contributed by atoms with Crippen LogP contribution in [0.1, 0.15) is 24.4 Å². The minimum absolute atomic E-state index is 0.230. The number of nitrogens with one attached hydrogen (secondary N) is 2. The van der Waals surface area contributed by atoms with Gasteiger partial charge in [0.2, 0.25) is 0 Å². The van der Waals surface area contributed by atoms with Crippen molar-refractivity contribution in [3.8, 4) is 22.5 Å². The van der Waals surface area contributed by atoms with Crippen LogP contribution in [-0.2, 0) is 0 Å². The molecule has 0 aliphatic carbocycles. The third-order valence-corrected chi connectivity index (χ3v) is 7.50. The van der Waals surface area contributed by atoms with Gasteiger partial charge in [0, 0.05) is 60.9 Å². The number of anilines is 2. The fraction of sp³-hybridized carbons (Fsp3) is 0.233. The predicted molar refractivity (Wildman–Crippen MR) is 155 cm³/mol. The van der Waals surface area contributed by atoms with E-state index in [-0.39, 0.29) is 11.7 Å². The second kappa shape index (κ2) is 10.6. The van der Waals surface area contributed by atoms with Crippen LogP contribution in [0.15, 0.2) is 77.5 Å². The summed E-state index contributed by atoms with van der Waals surface area (Å²) in [6, 6.07) is 19.8. The third kappa shape index (κ3) is 5.26. The summed E-state index contributed by atoms with van der Waals surface area (Å²) in [7, 11) is 0. The summed E-state index contributed by atoms with van der Waals surface area (Å²) in [6.07, 6.45) is 3.30. The van der Waals surface area contributed by atoms with Gasteiger partial charge in [0.15, 0.2) is 11.4 Å². The molecule has 0 atom stereocenters. The number of hydrogen-bond acceptors (Lipinski definition) is 6. The summed E-state index contributed by atoms with van der Waals surface area (Å²) < 4.78 is 5.17. The zero-order chi connectivity index (χ0) is 26.9. The average Bonchev–Trinajstić information content (AvgIpc) is 3.64. The zero-order valence-electron chi connectivity index (χ0n) is 21.8. The maximum absolute atomic E-state index is 12.4. The Kier molecular flexibility index (Phi) is 6.81. The molecule has 1 fully saturated rings. The number of amides is 1. The SMILES string of the molecule is CC(C)N1CCN(c2ccc(-c3cnc4nc(-c5cc(NC(=O)c6ccco6)ccc5Cl)[nH]c4c3)cc2)CC1. The Hall–Kier alpha value is -4.14. The molecule has 3 aromatic heterocycles. The van der Waals surface area contributed by atoms with Crippen LogP contribution >= 0.6 is 11.6 Å². The Balaban J connectivity index is 1.21. The van der Waals surface area contributed by atoms with Gasteiger partial charge in [0.25, 0.3) is 5.91 Å². The van der Waals surface area contributed by atoms with Crippen LogP contribution in [0.3, 0.4) is 0 Å². The lowest BCUT2D eigenvalue weighted by atomic mass is 10.1. The number of fused-ring (bicyclic) bond motifs is 1. The number of pyridine rings is 1. The quantitative estimate of drug-likeness (QED) is 0.262. The monoisotopic (exact) mass is 540 g/mol. The van der Waals surface area contributed by atoms with Crippen LogP contribution in [0.25, 0.3) is 33.7 Å². The summed E-state index contributed by atoms with van der Waals surface area (Å²) in [6.45, 7) is 8.77. The molecule has 1 aliphatic heterocycles. The first kappa shape index (κ1) is 25.2. The average molecular weight is 541 g/mol. The standard InChI is InChI=1S/C30H29ClN6O2/c1-19(2)36-11-13-37(14-12-36)23-8-5-20(6-9-23)21-16-26-29(32-18-21)35-28(34-26)24-17-22(7-10-25(24)31)33-30(38)27-4-3-15-39-27/h3-10,15-19H,11-14H2,1-2H3,(H,33,38)(H,32,34,35). The van der Waals surface area contributed by atoms with Crippen molar-refractivity contribution in [3.05, 3.63) is 83.9 Å². The summed E-state index contributed by atoms with van der Waals surface area (Å²) in [5, 5.41) is 3.34. The van der Waals surface area contributed by atoms with E-state index in [1.54, 1.807) is 30.3 Å². The van der Waals surface area contributed by atoms with Gasteiger partial charge in [-0.25, -0.2) is 9.97 Å². The molecule has 5 aromatic rings. The zero-order valence-corrected chi connectivity index (χ0v) is 22.6. The lowest BCUT2D eigenvalue weighted by molar-refractivity contribution is 0.0996. The van der Waals surface area contributed by atoms with Gasteiger partial charge >= 0.3 is 0 Å². The number of halogens is 1. The summed E-state index contributed by atoms with van der Waals surface area (Å²) in [5.41, 5.74) is 5.97. The lowest BCUT2D eigenvalue weighted by Crippen LogP contribution is -2.48. The minimum Gasteiger partial charge on any atom is -0.459 e. The number of carbonyl (C=O) groups is 1. The van der Waals surface area contributed by atoms with Crippen LogP contribution in [0, 0.1) is 0 Å². The van der Waals surface area contributed by atoms with Gasteiger partial charge in [-0.15, -0.1) is 0 Å². The highest BCUT2D eigenvalue weighted by Gasteiger charge is 2.19. The summed E-state index contributed by atoms with van der Waals surface area (Å²) >= 11 is 6.51. The van der Waals surface area contributed by atoms with E-state index in [1.165, 1.54) is 12.0 Å². The predicted octanol–water partition coefficient (Wildman–Crippen LogP) is 6.32. The van der Waals surface area contributed by atoms with E-state index in [0.29, 0.717) is 33.8 Å². The van der Waals surface area contributed by atoms with Crippen LogP contribution in [-0.4, -0.2) is 58.0 Å². The molecule has 6 rings (SSSR count). The molecule has 1 amide bonds. The van der Waals surface area contributed by atoms with Gasteiger partial charge in [-0.1, -0.05) is 23.7 Å². The molecule has 2 N–H and O–H groups in total.